The van der Waals surface area contributed by atoms with Crippen LogP contribution in [0.2, 0.25) is 0 Å². The Bertz CT molecular complexity index is 574. The van der Waals surface area contributed by atoms with Gasteiger partial charge in [0.15, 0.2) is 5.96 Å². The summed E-state index contributed by atoms with van der Waals surface area (Å²) in [5, 5.41) is 3.45. The van der Waals surface area contributed by atoms with Gasteiger partial charge < -0.3 is 19.9 Å². The Kier molecular flexibility index (Phi) is 10.1. The maximum Gasteiger partial charge on any atom is 0.193 e. The minimum absolute atomic E-state index is 0. The third-order valence-corrected chi connectivity index (χ3v) is 5.90. The predicted octanol–water partition coefficient (Wildman–Crippen LogP) is 3.29. The number of nitrogens with zero attached hydrogens (tertiary/aromatic N) is 3. The standard InChI is InChI=1S/C20H32N4OS.HI/c1-21-20(23(2)9-12-25-16-18-3-4-18)22-15-17-5-7-19(8-6-17)24-10-13-26-14-11-24;/h5-8,18H,3-4,9-16H2,1-2H3,(H,21,22);1H. The van der Waals surface area contributed by atoms with Gasteiger partial charge in [-0.2, -0.15) is 11.8 Å². The fourth-order valence-corrected chi connectivity index (χ4v) is 3.96. The Balaban J connectivity index is 0.00000261. The van der Waals surface area contributed by atoms with Crippen molar-refractivity contribution in [3.8, 4) is 0 Å². The molecule has 27 heavy (non-hydrogen) atoms. The van der Waals surface area contributed by atoms with Gasteiger partial charge in [-0.25, -0.2) is 0 Å². The molecule has 1 saturated heterocycles. The van der Waals surface area contributed by atoms with Gasteiger partial charge in [0, 0.05) is 64.1 Å². The molecule has 0 aromatic heterocycles. The molecule has 1 aliphatic heterocycles. The number of likely N-dealkylation sites (N-methyl/N-ethyl adjacent to an activating group) is 1. The van der Waals surface area contributed by atoms with E-state index in [0.29, 0.717) is 0 Å². The SMILES string of the molecule is CN=C(NCc1ccc(N2CCSCC2)cc1)N(C)CCOCC1CC1.I. The number of benzene rings is 1. The minimum atomic E-state index is 0. The van der Waals surface area contributed by atoms with Crippen molar-refractivity contribution in [2.75, 3.05) is 63.3 Å². The van der Waals surface area contributed by atoms with Crippen LogP contribution in [0.15, 0.2) is 29.3 Å². The van der Waals surface area contributed by atoms with Crippen molar-refractivity contribution >= 4 is 47.4 Å². The van der Waals surface area contributed by atoms with Gasteiger partial charge in [0.2, 0.25) is 0 Å². The lowest BCUT2D eigenvalue weighted by Crippen LogP contribution is -2.40. The van der Waals surface area contributed by atoms with Crippen LogP contribution in [-0.2, 0) is 11.3 Å². The van der Waals surface area contributed by atoms with Crippen molar-refractivity contribution in [2.45, 2.75) is 19.4 Å². The number of ether oxygens (including phenoxy) is 1. The van der Waals surface area contributed by atoms with E-state index in [9.17, 15) is 0 Å². The molecule has 1 saturated carbocycles. The summed E-state index contributed by atoms with van der Waals surface area (Å²) in [6.07, 6.45) is 2.68. The average molecular weight is 504 g/mol. The molecule has 2 aliphatic rings. The molecule has 1 aliphatic carbocycles. The minimum Gasteiger partial charge on any atom is -0.379 e. The summed E-state index contributed by atoms with van der Waals surface area (Å²) in [5.41, 5.74) is 2.61. The molecule has 152 valence electrons. The van der Waals surface area contributed by atoms with Crippen LogP contribution >= 0.6 is 35.7 Å². The number of hydrogen-bond donors (Lipinski definition) is 1. The van der Waals surface area contributed by atoms with E-state index < -0.39 is 0 Å². The Morgan fingerprint density at radius 2 is 1.96 bits per heavy atom. The van der Waals surface area contributed by atoms with Crippen LogP contribution < -0.4 is 10.2 Å². The second-order valence-electron chi connectivity index (χ2n) is 7.11. The number of rotatable bonds is 8. The van der Waals surface area contributed by atoms with Crippen LogP contribution in [0.25, 0.3) is 0 Å². The molecule has 7 heteroatoms. The van der Waals surface area contributed by atoms with E-state index in [0.717, 1.165) is 51.3 Å². The number of hydrogen-bond acceptors (Lipinski definition) is 4. The quantitative estimate of drug-likeness (QED) is 0.255. The summed E-state index contributed by atoms with van der Waals surface area (Å²) in [6, 6.07) is 8.92. The normalized spacial score (nSPS) is 17.4. The maximum atomic E-state index is 5.73. The van der Waals surface area contributed by atoms with E-state index in [1.165, 1.54) is 35.6 Å². The summed E-state index contributed by atoms with van der Waals surface area (Å²) in [6.45, 7) is 5.64. The van der Waals surface area contributed by atoms with Crippen molar-refractivity contribution in [3.63, 3.8) is 0 Å². The summed E-state index contributed by atoms with van der Waals surface area (Å²) in [4.78, 5) is 8.99. The first-order valence-corrected chi connectivity index (χ1v) is 10.8. The van der Waals surface area contributed by atoms with Gasteiger partial charge >= 0.3 is 0 Å². The molecule has 1 aromatic rings. The molecular formula is C20H33IN4OS. The summed E-state index contributed by atoms with van der Waals surface area (Å²) in [5.74, 6) is 4.20. The monoisotopic (exact) mass is 504 g/mol. The second kappa shape index (κ2) is 12.0. The van der Waals surface area contributed by atoms with Gasteiger partial charge in [-0.15, -0.1) is 24.0 Å². The lowest BCUT2D eigenvalue weighted by Gasteiger charge is -2.28. The van der Waals surface area contributed by atoms with Crippen molar-refractivity contribution in [1.82, 2.24) is 10.2 Å². The highest BCUT2D eigenvalue weighted by molar-refractivity contribution is 14.0. The molecule has 1 aromatic carbocycles. The van der Waals surface area contributed by atoms with Gasteiger partial charge in [0.1, 0.15) is 0 Å². The lowest BCUT2D eigenvalue weighted by molar-refractivity contribution is 0.115. The molecule has 0 bridgehead atoms. The topological polar surface area (TPSA) is 40.1 Å². The fourth-order valence-electron chi connectivity index (χ4n) is 3.05. The molecule has 3 rings (SSSR count). The van der Waals surface area contributed by atoms with Gasteiger partial charge in [-0.3, -0.25) is 4.99 Å². The molecule has 5 nitrogen and oxygen atoms in total. The van der Waals surface area contributed by atoms with E-state index in [1.807, 2.05) is 18.8 Å². The Morgan fingerprint density at radius 1 is 1.26 bits per heavy atom. The smallest absolute Gasteiger partial charge is 0.193 e. The molecule has 0 spiro atoms. The summed E-state index contributed by atoms with van der Waals surface area (Å²) in [7, 11) is 3.90. The first-order chi connectivity index (χ1) is 12.8. The zero-order chi connectivity index (χ0) is 18.2. The van der Waals surface area contributed by atoms with E-state index >= 15 is 0 Å². The number of nitrogens with one attached hydrogen (secondary N) is 1. The molecular weight excluding hydrogens is 471 g/mol. The number of halogens is 1. The van der Waals surface area contributed by atoms with Crippen molar-refractivity contribution < 1.29 is 4.74 Å². The van der Waals surface area contributed by atoms with E-state index in [1.54, 1.807) is 0 Å². The number of aliphatic imine (C=N–C) groups is 1. The second-order valence-corrected chi connectivity index (χ2v) is 8.33. The van der Waals surface area contributed by atoms with Gasteiger partial charge in [-0.1, -0.05) is 12.1 Å². The molecule has 0 atom stereocenters. The molecule has 0 unspecified atom stereocenters. The van der Waals surface area contributed by atoms with Gasteiger partial charge in [0.25, 0.3) is 0 Å². The summed E-state index contributed by atoms with van der Waals surface area (Å²) < 4.78 is 5.73. The third-order valence-electron chi connectivity index (χ3n) is 4.96. The van der Waals surface area contributed by atoms with Crippen LogP contribution in [0, 0.1) is 5.92 Å². The van der Waals surface area contributed by atoms with Crippen LogP contribution in [-0.4, -0.2) is 69.3 Å². The largest absolute Gasteiger partial charge is 0.379 e. The van der Waals surface area contributed by atoms with E-state index in [4.69, 9.17) is 4.74 Å². The van der Waals surface area contributed by atoms with Crippen molar-refractivity contribution in [2.24, 2.45) is 10.9 Å². The van der Waals surface area contributed by atoms with Crippen molar-refractivity contribution in [1.29, 1.82) is 0 Å². The average Bonchev–Trinajstić information content (AvgIpc) is 3.51. The number of thioether (sulfide) groups is 1. The Labute approximate surface area is 185 Å². The van der Waals surface area contributed by atoms with Crippen LogP contribution in [0.3, 0.4) is 0 Å². The first-order valence-electron chi connectivity index (χ1n) is 9.67. The lowest BCUT2D eigenvalue weighted by atomic mass is 10.2. The Hall–Kier alpha value is -0.670. The van der Waals surface area contributed by atoms with Crippen LogP contribution in [0.5, 0.6) is 0 Å². The number of anilines is 1. The van der Waals surface area contributed by atoms with Gasteiger partial charge in [0.05, 0.1) is 6.61 Å². The van der Waals surface area contributed by atoms with E-state index in [-0.39, 0.29) is 24.0 Å². The Morgan fingerprint density at radius 3 is 2.59 bits per heavy atom. The summed E-state index contributed by atoms with van der Waals surface area (Å²) >= 11 is 2.05. The van der Waals surface area contributed by atoms with Crippen LogP contribution in [0.1, 0.15) is 18.4 Å². The predicted molar refractivity (Wildman–Crippen MR) is 128 cm³/mol. The zero-order valence-electron chi connectivity index (χ0n) is 16.5. The zero-order valence-corrected chi connectivity index (χ0v) is 19.7. The highest BCUT2D eigenvalue weighted by atomic mass is 127. The highest BCUT2D eigenvalue weighted by Gasteiger charge is 2.21. The molecule has 1 N–H and O–H groups in total. The highest BCUT2D eigenvalue weighted by Crippen LogP contribution is 2.28. The van der Waals surface area contributed by atoms with Crippen LogP contribution in [0.4, 0.5) is 5.69 Å². The van der Waals surface area contributed by atoms with E-state index in [2.05, 4.69) is 51.4 Å². The van der Waals surface area contributed by atoms with Crippen molar-refractivity contribution in [3.05, 3.63) is 29.8 Å². The number of guanidine groups is 1. The molecule has 1 heterocycles. The molecule has 0 amide bonds. The first kappa shape index (κ1) is 22.6. The third kappa shape index (κ3) is 7.69. The molecule has 0 radical (unpaired) electrons. The molecule has 2 fully saturated rings. The van der Waals surface area contributed by atoms with Gasteiger partial charge in [-0.05, 0) is 36.5 Å². The fraction of sp³-hybridized carbons (Fsp3) is 0.650. The maximum absolute atomic E-state index is 5.73.